The van der Waals surface area contributed by atoms with Crippen LogP contribution in [0, 0.1) is 17.7 Å². The van der Waals surface area contributed by atoms with Crippen molar-refractivity contribution in [3.63, 3.8) is 0 Å². The predicted molar refractivity (Wildman–Crippen MR) is 100 cm³/mol. The fourth-order valence-electron chi connectivity index (χ4n) is 4.58. The van der Waals surface area contributed by atoms with E-state index in [0.29, 0.717) is 24.4 Å². The van der Waals surface area contributed by atoms with Crippen molar-refractivity contribution in [1.82, 2.24) is 10.2 Å². The van der Waals surface area contributed by atoms with E-state index in [1.54, 1.807) is 30.1 Å². The Morgan fingerprint density at radius 2 is 1.93 bits per heavy atom. The van der Waals surface area contributed by atoms with Crippen molar-refractivity contribution in [3.05, 3.63) is 35.6 Å². The average molecular weight is 376 g/mol. The zero-order valence-electron chi connectivity index (χ0n) is 16.1. The summed E-state index contributed by atoms with van der Waals surface area (Å²) in [7, 11) is 3.10. The van der Waals surface area contributed by atoms with Crippen molar-refractivity contribution in [2.75, 3.05) is 20.7 Å². The van der Waals surface area contributed by atoms with Gasteiger partial charge in [0.05, 0.1) is 13.0 Å². The number of benzene rings is 1. The molecule has 1 saturated carbocycles. The molecule has 0 bridgehead atoms. The largest absolute Gasteiger partial charge is 0.468 e. The molecule has 1 aromatic rings. The second kappa shape index (κ2) is 8.83. The Kier molecular flexibility index (Phi) is 6.47. The van der Waals surface area contributed by atoms with Crippen LogP contribution in [0.2, 0.25) is 0 Å². The number of amides is 1. The first-order valence-corrected chi connectivity index (χ1v) is 9.84. The van der Waals surface area contributed by atoms with E-state index in [0.717, 1.165) is 12.8 Å². The van der Waals surface area contributed by atoms with Gasteiger partial charge in [-0.15, -0.1) is 0 Å². The summed E-state index contributed by atoms with van der Waals surface area (Å²) in [6, 6.07) is 5.44. The zero-order valence-corrected chi connectivity index (χ0v) is 16.1. The molecule has 1 aromatic carbocycles. The van der Waals surface area contributed by atoms with E-state index in [4.69, 9.17) is 4.74 Å². The molecule has 0 aromatic heterocycles. The van der Waals surface area contributed by atoms with Gasteiger partial charge in [-0.25, -0.2) is 4.39 Å². The first-order valence-electron chi connectivity index (χ1n) is 9.84. The standard InChI is InChI=1S/C21H29FN2O3/c1-24-18(21(26)27-2)12-16(19(24)15-10-6-7-11-17(15)22)20(25)23-13-14-8-4-3-5-9-14/h6-7,10-11,14,16,18-19H,3-5,8-9,12-13H2,1-2H3,(H,23,25)/t16-,18-,19-/m1/s1. The third-order valence-electron chi connectivity index (χ3n) is 6.11. The number of halogens is 1. The number of rotatable bonds is 5. The van der Waals surface area contributed by atoms with Crippen molar-refractivity contribution < 1.29 is 18.7 Å². The Balaban J connectivity index is 1.77. The van der Waals surface area contributed by atoms with Gasteiger partial charge >= 0.3 is 5.97 Å². The number of esters is 1. The normalized spacial score (nSPS) is 26.7. The van der Waals surface area contributed by atoms with Crippen molar-refractivity contribution in [2.24, 2.45) is 11.8 Å². The summed E-state index contributed by atoms with van der Waals surface area (Å²) in [5, 5.41) is 3.07. The van der Waals surface area contributed by atoms with Gasteiger partial charge in [0.15, 0.2) is 0 Å². The van der Waals surface area contributed by atoms with Crippen molar-refractivity contribution >= 4 is 11.9 Å². The van der Waals surface area contributed by atoms with Gasteiger partial charge in [0.1, 0.15) is 11.9 Å². The minimum Gasteiger partial charge on any atom is -0.468 e. The van der Waals surface area contributed by atoms with E-state index in [1.165, 1.54) is 32.4 Å². The molecule has 1 saturated heterocycles. The van der Waals surface area contributed by atoms with E-state index in [1.807, 2.05) is 0 Å². The second-order valence-electron chi connectivity index (χ2n) is 7.76. The molecule has 1 N–H and O–H groups in total. The molecule has 0 unspecified atom stereocenters. The molecule has 3 atom stereocenters. The Morgan fingerprint density at radius 1 is 1.22 bits per heavy atom. The van der Waals surface area contributed by atoms with E-state index in [-0.39, 0.29) is 17.7 Å². The molecule has 6 heteroatoms. The van der Waals surface area contributed by atoms with Gasteiger partial charge < -0.3 is 10.1 Å². The lowest BCUT2D eigenvalue weighted by molar-refractivity contribution is -0.145. The molecule has 148 valence electrons. The third kappa shape index (κ3) is 4.32. The smallest absolute Gasteiger partial charge is 0.323 e. The van der Waals surface area contributed by atoms with Gasteiger partial charge in [-0.2, -0.15) is 0 Å². The lowest BCUT2D eigenvalue weighted by Crippen LogP contribution is -2.38. The van der Waals surface area contributed by atoms with Crippen molar-refractivity contribution in [3.8, 4) is 0 Å². The summed E-state index contributed by atoms with van der Waals surface area (Å²) in [5.41, 5.74) is 0.448. The SMILES string of the molecule is COC(=O)[C@H]1C[C@@H](C(=O)NCC2CCCCC2)[C@@H](c2ccccc2F)N1C. The van der Waals surface area contributed by atoms with Crippen LogP contribution >= 0.6 is 0 Å². The van der Waals surface area contributed by atoms with Gasteiger partial charge in [0.2, 0.25) is 5.91 Å². The fourth-order valence-corrected chi connectivity index (χ4v) is 4.58. The van der Waals surface area contributed by atoms with Crippen LogP contribution in [-0.2, 0) is 14.3 Å². The number of likely N-dealkylation sites (tertiary alicyclic amines) is 1. The van der Waals surface area contributed by atoms with Crippen LogP contribution in [0.3, 0.4) is 0 Å². The van der Waals surface area contributed by atoms with Crippen molar-refractivity contribution in [2.45, 2.75) is 50.6 Å². The summed E-state index contributed by atoms with van der Waals surface area (Å²) < 4.78 is 19.4. The number of hydrogen-bond donors (Lipinski definition) is 1. The van der Waals surface area contributed by atoms with Crippen LogP contribution in [-0.4, -0.2) is 43.5 Å². The summed E-state index contributed by atoms with van der Waals surface area (Å²) in [6.45, 7) is 0.659. The van der Waals surface area contributed by atoms with Crippen molar-refractivity contribution in [1.29, 1.82) is 0 Å². The Bertz CT molecular complexity index is 675. The topological polar surface area (TPSA) is 58.6 Å². The molecule has 2 fully saturated rings. The number of carbonyl (C=O) groups is 2. The lowest BCUT2D eigenvalue weighted by Gasteiger charge is -2.28. The summed E-state index contributed by atoms with van der Waals surface area (Å²) >= 11 is 0. The highest BCUT2D eigenvalue weighted by atomic mass is 19.1. The maximum absolute atomic E-state index is 14.5. The minimum atomic E-state index is -0.551. The van der Waals surface area contributed by atoms with E-state index >= 15 is 0 Å². The van der Waals surface area contributed by atoms with Gasteiger partial charge in [0.25, 0.3) is 0 Å². The van der Waals surface area contributed by atoms with E-state index < -0.39 is 18.0 Å². The number of ether oxygens (including phenoxy) is 1. The number of nitrogens with one attached hydrogen (secondary N) is 1. The van der Waals surface area contributed by atoms with Gasteiger partial charge in [-0.3, -0.25) is 14.5 Å². The van der Waals surface area contributed by atoms with Crippen LogP contribution < -0.4 is 5.32 Å². The second-order valence-corrected chi connectivity index (χ2v) is 7.76. The Hall–Kier alpha value is -1.95. The maximum Gasteiger partial charge on any atom is 0.323 e. The first kappa shape index (κ1) is 19.8. The van der Waals surface area contributed by atoms with Gasteiger partial charge in [0, 0.05) is 18.2 Å². The van der Waals surface area contributed by atoms with E-state index in [2.05, 4.69) is 5.32 Å². The number of likely N-dealkylation sites (N-methyl/N-ethyl adjacent to an activating group) is 1. The molecular formula is C21H29FN2O3. The summed E-state index contributed by atoms with van der Waals surface area (Å²) in [4.78, 5) is 26.9. The van der Waals surface area contributed by atoms with Gasteiger partial charge in [-0.1, -0.05) is 37.5 Å². The van der Waals surface area contributed by atoms with Crippen LogP contribution in [0.25, 0.3) is 0 Å². The minimum absolute atomic E-state index is 0.105. The molecular weight excluding hydrogens is 347 g/mol. The van der Waals surface area contributed by atoms with Crippen LogP contribution in [0.4, 0.5) is 4.39 Å². The summed E-state index contributed by atoms with van der Waals surface area (Å²) in [5.74, 6) is -0.816. The molecule has 27 heavy (non-hydrogen) atoms. The summed E-state index contributed by atoms with van der Waals surface area (Å²) in [6.07, 6.45) is 6.33. The monoisotopic (exact) mass is 376 g/mol. The molecule has 0 radical (unpaired) electrons. The number of hydrogen-bond acceptors (Lipinski definition) is 4. The molecule has 5 nitrogen and oxygen atoms in total. The highest BCUT2D eigenvalue weighted by Crippen LogP contribution is 2.41. The maximum atomic E-state index is 14.5. The fraction of sp³-hybridized carbons (Fsp3) is 0.619. The van der Waals surface area contributed by atoms with Crippen LogP contribution in [0.15, 0.2) is 24.3 Å². The quantitative estimate of drug-likeness (QED) is 0.803. The molecule has 3 rings (SSSR count). The van der Waals surface area contributed by atoms with Crippen LogP contribution in [0.1, 0.15) is 50.1 Å². The number of carbonyl (C=O) groups excluding carboxylic acids is 2. The molecule has 1 aliphatic carbocycles. The molecule has 1 heterocycles. The zero-order chi connectivity index (χ0) is 19.4. The van der Waals surface area contributed by atoms with Gasteiger partial charge in [-0.05, 0) is 38.3 Å². The molecule has 1 aliphatic heterocycles. The highest BCUT2D eigenvalue weighted by molar-refractivity contribution is 5.83. The lowest BCUT2D eigenvalue weighted by atomic mass is 9.88. The number of methoxy groups -OCH3 is 1. The average Bonchev–Trinajstić information content (AvgIpc) is 3.04. The Morgan fingerprint density at radius 3 is 2.59 bits per heavy atom. The van der Waals surface area contributed by atoms with E-state index in [9.17, 15) is 14.0 Å². The Labute approximate surface area is 160 Å². The third-order valence-corrected chi connectivity index (χ3v) is 6.11. The number of nitrogens with zero attached hydrogens (tertiary/aromatic N) is 1. The first-order chi connectivity index (χ1) is 13.0. The molecule has 0 spiro atoms. The molecule has 2 aliphatic rings. The predicted octanol–water partition coefficient (Wildman–Crippen LogP) is 3.06. The van der Waals surface area contributed by atoms with Crippen LogP contribution in [0.5, 0.6) is 0 Å². The highest BCUT2D eigenvalue weighted by Gasteiger charge is 2.47. The molecule has 1 amide bonds.